The zero-order chi connectivity index (χ0) is 15.4. The Hall–Kier alpha value is -2.34. The third kappa shape index (κ3) is 1.84. The summed E-state index contributed by atoms with van der Waals surface area (Å²) in [6, 6.07) is 3.97. The predicted octanol–water partition coefficient (Wildman–Crippen LogP) is 3.59. The first-order chi connectivity index (χ1) is 11.3. The Balaban J connectivity index is 1.93. The molecule has 0 amide bonds. The van der Waals surface area contributed by atoms with Gasteiger partial charge in [0.15, 0.2) is 5.65 Å². The van der Waals surface area contributed by atoms with Crippen LogP contribution in [0.1, 0.15) is 29.1 Å². The van der Waals surface area contributed by atoms with Gasteiger partial charge >= 0.3 is 0 Å². The number of hydrogen-bond acceptors (Lipinski definition) is 5. The molecular formula is C17H15N5S. The van der Waals surface area contributed by atoms with Crippen LogP contribution in [-0.2, 0) is 12.8 Å². The Kier molecular flexibility index (Phi) is 2.76. The fourth-order valence-electron chi connectivity index (χ4n) is 3.47. The van der Waals surface area contributed by atoms with Crippen LogP contribution < -0.4 is 0 Å². The summed E-state index contributed by atoms with van der Waals surface area (Å²) in [5, 5.41) is 10.00. The molecule has 0 fully saturated rings. The number of aryl methyl sites for hydroxylation is 3. The molecule has 0 spiro atoms. The molecule has 4 aromatic rings. The highest BCUT2D eigenvalue weighted by Gasteiger charge is 2.23. The van der Waals surface area contributed by atoms with Crippen molar-refractivity contribution in [3.05, 3.63) is 40.8 Å². The number of hydrogen-bond donors (Lipinski definition) is 0. The Morgan fingerprint density at radius 1 is 1.17 bits per heavy atom. The minimum Gasteiger partial charge on any atom is -0.264 e. The second-order valence-electron chi connectivity index (χ2n) is 5.97. The van der Waals surface area contributed by atoms with E-state index in [1.807, 2.05) is 36.6 Å². The second-order valence-corrected chi connectivity index (χ2v) is 7.06. The fourth-order valence-corrected chi connectivity index (χ4v) is 4.73. The molecule has 4 aromatic heterocycles. The van der Waals surface area contributed by atoms with E-state index in [0.717, 1.165) is 40.5 Å². The third-order valence-electron chi connectivity index (χ3n) is 4.54. The van der Waals surface area contributed by atoms with Gasteiger partial charge in [-0.25, -0.2) is 4.98 Å². The zero-order valence-electron chi connectivity index (χ0n) is 12.8. The molecule has 23 heavy (non-hydrogen) atoms. The maximum atomic E-state index is 4.97. The van der Waals surface area contributed by atoms with E-state index in [4.69, 9.17) is 4.98 Å². The highest BCUT2D eigenvalue weighted by Crippen LogP contribution is 2.38. The maximum Gasteiger partial charge on any atom is 0.173 e. The van der Waals surface area contributed by atoms with Gasteiger partial charge in [0.05, 0.1) is 5.39 Å². The van der Waals surface area contributed by atoms with Crippen LogP contribution in [-0.4, -0.2) is 24.6 Å². The molecule has 0 saturated carbocycles. The van der Waals surface area contributed by atoms with E-state index in [9.17, 15) is 0 Å². The third-order valence-corrected chi connectivity index (χ3v) is 5.73. The van der Waals surface area contributed by atoms with Crippen molar-refractivity contribution < 1.29 is 0 Å². The van der Waals surface area contributed by atoms with E-state index in [0.29, 0.717) is 0 Å². The van der Waals surface area contributed by atoms with Crippen molar-refractivity contribution in [3.63, 3.8) is 0 Å². The molecule has 1 aliphatic rings. The number of nitrogens with zero attached hydrogens (tertiary/aromatic N) is 5. The van der Waals surface area contributed by atoms with Crippen LogP contribution in [0.4, 0.5) is 0 Å². The standard InChI is InChI=1S/C17H15N5S/c1-10-20-21-16-14-12-6-2-3-7-13(12)23-17(14)19-15(22(10)16)11-5-4-8-18-9-11/h4-5,8-9H,2-3,6-7H2,1H3. The largest absolute Gasteiger partial charge is 0.264 e. The highest BCUT2D eigenvalue weighted by atomic mass is 32.1. The lowest BCUT2D eigenvalue weighted by molar-refractivity contribution is 0.700. The Morgan fingerprint density at radius 2 is 2.09 bits per heavy atom. The first-order valence-corrected chi connectivity index (χ1v) is 8.71. The summed E-state index contributed by atoms with van der Waals surface area (Å²) in [4.78, 5) is 11.8. The van der Waals surface area contributed by atoms with Gasteiger partial charge in [-0.05, 0) is 50.3 Å². The molecule has 6 heteroatoms. The van der Waals surface area contributed by atoms with Gasteiger partial charge in [-0.15, -0.1) is 21.5 Å². The first kappa shape index (κ1) is 13.1. The van der Waals surface area contributed by atoms with Gasteiger partial charge in [-0.2, -0.15) is 0 Å². The molecule has 0 aromatic carbocycles. The molecule has 0 saturated heterocycles. The van der Waals surface area contributed by atoms with E-state index in [1.165, 1.54) is 28.7 Å². The topological polar surface area (TPSA) is 56.0 Å². The quantitative estimate of drug-likeness (QED) is 0.537. The summed E-state index contributed by atoms with van der Waals surface area (Å²) >= 11 is 1.82. The van der Waals surface area contributed by atoms with Gasteiger partial charge in [0.2, 0.25) is 0 Å². The van der Waals surface area contributed by atoms with Crippen molar-refractivity contribution in [2.75, 3.05) is 0 Å². The van der Waals surface area contributed by atoms with Gasteiger partial charge in [0.25, 0.3) is 0 Å². The van der Waals surface area contributed by atoms with Crippen LogP contribution in [0.2, 0.25) is 0 Å². The van der Waals surface area contributed by atoms with E-state index in [-0.39, 0.29) is 0 Å². The summed E-state index contributed by atoms with van der Waals surface area (Å²) in [6.45, 7) is 1.98. The SMILES string of the molecule is Cc1nnc2c3c4c(sc3nc(-c3cccnc3)n12)CCCC4. The number of rotatable bonds is 1. The molecule has 0 unspecified atom stereocenters. The highest BCUT2D eigenvalue weighted by molar-refractivity contribution is 7.19. The lowest BCUT2D eigenvalue weighted by Gasteiger charge is -2.11. The molecule has 0 atom stereocenters. The molecule has 0 bridgehead atoms. The molecular weight excluding hydrogens is 306 g/mol. The van der Waals surface area contributed by atoms with Crippen molar-refractivity contribution in [1.29, 1.82) is 0 Å². The van der Waals surface area contributed by atoms with E-state index < -0.39 is 0 Å². The van der Waals surface area contributed by atoms with Crippen molar-refractivity contribution in [2.45, 2.75) is 32.6 Å². The summed E-state index contributed by atoms with van der Waals surface area (Å²) in [7, 11) is 0. The second kappa shape index (κ2) is 4.83. The smallest absolute Gasteiger partial charge is 0.173 e. The molecule has 114 valence electrons. The van der Waals surface area contributed by atoms with Crippen molar-refractivity contribution in [2.24, 2.45) is 0 Å². The summed E-state index contributed by atoms with van der Waals surface area (Å²) in [6.07, 6.45) is 8.45. The molecule has 0 radical (unpaired) electrons. The van der Waals surface area contributed by atoms with Crippen LogP contribution >= 0.6 is 11.3 Å². The Labute approximate surface area is 137 Å². The minimum atomic E-state index is 0.865. The molecule has 5 rings (SSSR count). The Morgan fingerprint density at radius 3 is 2.96 bits per heavy atom. The van der Waals surface area contributed by atoms with Gasteiger partial charge < -0.3 is 0 Å². The lowest BCUT2D eigenvalue weighted by atomic mass is 9.97. The van der Waals surface area contributed by atoms with E-state index >= 15 is 0 Å². The van der Waals surface area contributed by atoms with Crippen LogP contribution in [0, 0.1) is 6.92 Å². The molecule has 4 heterocycles. The van der Waals surface area contributed by atoms with E-state index in [1.54, 1.807) is 6.20 Å². The van der Waals surface area contributed by atoms with Crippen molar-refractivity contribution >= 4 is 27.2 Å². The lowest BCUT2D eigenvalue weighted by Crippen LogP contribution is -2.01. The van der Waals surface area contributed by atoms with Gasteiger partial charge in [0, 0.05) is 22.8 Å². The predicted molar refractivity (Wildman–Crippen MR) is 90.8 cm³/mol. The summed E-state index contributed by atoms with van der Waals surface area (Å²) < 4.78 is 2.07. The monoisotopic (exact) mass is 321 g/mol. The molecule has 1 aliphatic carbocycles. The van der Waals surface area contributed by atoms with Crippen LogP contribution in [0.3, 0.4) is 0 Å². The van der Waals surface area contributed by atoms with Gasteiger partial charge in [0.1, 0.15) is 16.5 Å². The van der Waals surface area contributed by atoms with Crippen LogP contribution in [0.25, 0.3) is 27.3 Å². The zero-order valence-corrected chi connectivity index (χ0v) is 13.6. The van der Waals surface area contributed by atoms with Gasteiger partial charge in [-0.3, -0.25) is 9.38 Å². The number of aromatic nitrogens is 5. The molecule has 0 N–H and O–H groups in total. The fraction of sp³-hybridized carbons (Fsp3) is 0.294. The average molecular weight is 321 g/mol. The van der Waals surface area contributed by atoms with Crippen LogP contribution in [0.15, 0.2) is 24.5 Å². The number of fused-ring (bicyclic) bond motifs is 5. The molecule has 0 aliphatic heterocycles. The average Bonchev–Trinajstić information content (AvgIpc) is 3.15. The minimum absolute atomic E-state index is 0.865. The number of thiophene rings is 1. The maximum absolute atomic E-state index is 4.97. The molecule has 5 nitrogen and oxygen atoms in total. The van der Waals surface area contributed by atoms with Gasteiger partial charge in [-0.1, -0.05) is 0 Å². The first-order valence-electron chi connectivity index (χ1n) is 7.89. The normalized spacial score (nSPS) is 14.5. The van der Waals surface area contributed by atoms with Crippen molar-refractivity contribution in [1.82, 2.24) is 24.6 Å². The summed E-state index contributed by atoms with van der Waals surface area (Å²) in [5.41, 5.74) is 3.37. The van der Waals surface area contributed by atoms with Crippen LogP contribution in [0.5, 0.6) is 0 Å². The number of pyridine rings is 1. The summed E-state index contributed by atoms with van der Waals surface area (Å²) in [5.74, 6) is 1.74. The Bertz CT molecular complexity index is 1030. The van der Waals surface area contributed by atoms with E-state index in [2.05, 4.69) is 19.6 Å². The van der Waals surface area contributed by atoms with Crippen molar-refractivity contribution in [3.8, 4) is 11.4 Å².